The summed E-state index contributed by atoms with van der Waals surface area (Å²) in [6, 6.07) is 3.04. The first kappa shape index (κ1) is 14.7. The average molecular weight is 341 g/mol. The molecule has 0 aromatic carbocycles. The Morgan fingerprint density at radius 3 is 3.25 bits per heavy atom. The van der Waals surface area contributed by atoms with Gasteiger partial charge in [0.05, 0.1) is 30.4 Å². The van der Waals surface area contributed by atoms with Gasteiger partial charge in [-0.2, -0.15) is 0 Å². The minimum absolute atomic E-state index is 0.241. The van der Waals surface area contributed by atoms with E-state index in [9.17, 15) is 5.11 Å². The van der Waals surface area contributed by atoms with E-state index < -0.39 is 0 Å². The molecule has 1 N–H and O–H groups in total. The number of nitrogens with zero attached hydrogens (tertiary/aromatic N) is 3. The van der Waals surface area contributed by atoms with Gasteiger partial charge in [-0.25, -0.2) is 4.98 Å². The van der Waals surface area contributed by atoms with Crippen LogP contribution < -0.4 is 0 Å². The first-order valence-corrected chi connectivity index (χ1v) is 9.82. The van der Waals surface area contributed by atoms with Crippen molar-refractivity contribution in [3.05, 3.63) is 41.1 Å². The Kier molecular flexibility index (Phi) is 3.35. The van der Waals surface area contributed by atoms with Crippen LogP contribution in [0.4, 0.5) is 0 Å². The lowest BCUT2D eigenvalue weighted by molar-refractivity contribution is 0.0404. The Balaban J connectivity index is 1.33. The van der Waals surface area contributed by atoms with Crippen molar-refractivity contribution >= 4 is 11.3 Å². The van der Waals surface area contributed by atoms with Gasteiger partial charge in [0.25, 0.3) is 0 Å². The summed E-state index contributed by atoms with van der Waals surface area (Å²) in [6.45, 7) is 5.25. The first-order chi connectivity index (χ1) is 11.7. The van der Waals surface area contributed by atoms with Gasteiger partial charge in [-0.1, -0.05) is 6.58 Å². The molecule has 2 saturated heterocycles. The maximum Gasteiger partial charge on any atom is 0.0957 e. The summed E-state index contributed by atoms with van der Waals surface area (Å²) in [6.07, 6.45) is 8.96. The number of allylic oxidation sites excluding steroid dienone is 1. The fourth-order valence-corrected chi connectivity index (χ4v) is 5.94. The van der Waals surface area contributed by atoms with E-state index in [1.54, 1.807) is 11.3 Å². The van der Waals surface area contributed by atoms with Crippen molar-refractivity contribution in [3.63, 3.8) is 0 Å². The van der Waals surface area contributed by atoms with Crippen LogP contribution in [0.2, 0.25) is 0 Å². The van der Waals surface area contributed by atoms with Crippen LogP contribution in [-0.4, -0.2) is 38.2 Å². The van der Waals surface area contributed by atoms with Crippen LogP contribution in [0.3, 0.4) is 0 Å². The second kappa shape index (κ2) is 5.46. The van der Waals surface area contributed by atoms with Crippen molar-refractivity contribution in [1.29, 1.82) is 0 Å². The number of thiophene rings is 1. The van der Waals surface area contributed by atoms with Crippen LogP contribution >= 0.6 is 11.3 Å². The predicted molar refractivity (Wildman–Crippen MR) is 95.9 cm³/mol. The number of aliphatic hydroxyl groups excluding tert-OH is 1. The lowest BCUT2D eigenvalue weighted by Crippen LogP contribution is -2.41. The number of piperidine rings is 1. The molecule has 0 aliphatic carbocycles. The van der Waals surface area contributed by atoms with Gasteiger partial charge in [-0.3, -0.25) is 0 Å². The molecular weight excluding hydrogens is 318 g/mol. The lowest BCUT2D eigenvalue weighted by atomic mass is 9.84. The number of fused-ring (bicyclic) bond motifs is 4. The van der Waals surface area contributed by atoms with Crippen molar-refractivity contribution in [3.8, 4) is 11.3 Å². The number of hydrogen-bond acceptors (Lipinski definition) is 4. The molecule has 2 fully saturated rings. The molecule has 5 heteroatoms. The zero-order chi connectivity index (χ0) is 16.3. The molecule has 0 bridgehead atoms. The van der Waals surface area contributed by atoms with Crippen LogP contribution in [0.25, 0.3) is 11.3 Å². The molecule has 2 aromatic rings. The van der Waals surface area contributed by atoms with Gasteiger partial charge >= 0.3 is 0 Å². The van der Waals surface area contributed by atoms with Gasteiger partial charge in [0.1, 0.15) is 0 Å². The maximum atomic E-state index is 11.0. The van der Waals surface area contributed by atoms with E-state index in [-0.39, 0.29) is 12.1 Å². The highest BCUT2D eigenvalue weighted by Gasteiger charge is 2.38. The monoisotopic (exact) mass is 341 g/mol. The molecule has 0 unspecified atom stereocenters. The lowest BCUT2D eigenvalue weighted by Gasteiger charge is -2.39. The van der Waals surface area contributed by atoms with Crippen LogP contribution in [0.15, 0.2) is 36.2 Å². The van der Waals surface area contributed by atoms with E-state index in [1.807, 2.05) is 12.5 Å². The van der Waals surface area contributed by atoms with Crippen LogP contribution in [-0.2, 0) is 0 Å². The van der Waals surface area contributed by atoms with E-state index >= 15 is 0 Å². The third-order valence-electron chi connectivity index (χ3n) is 6.21. The molecule has 0 amide bonds. The Morgan fingerprint density at radius 1 is 1.42 bits per heavy atom. The fourth-order valence-electron chi connectivity index (χ4n) is 4.92. The summed E-state index contributed by atoms with van der Waals surface area (Å²) >= 11 is 1.81. The molecule has 126 valence electrons. The van der Waals surface area contributed by atoms with E-state index in [4.69, 9.17) is 0 Å². The average Bonchev–Trinajstić information content (AvgIpc) is 3.33. The molecule has 24 heavy (non-hydrogen) atoms. The Bertz CT molecular complexity index is 739. The molecule has 3 aliphatic heterocycles. The number of aliphatic hydroxyl groups is 1. The van der Waals surface area contributed by atoms with E-state index in [0.717, 1.165) is 32.2 Å². The highest BCUT2D eigenvalue weighted by Crippen LogP contribution is 2.46. The van der Waals surface area contributed by atoms with Crippen molar-refractivity contribution in [2.45, 2.75) is 50.3 Å². The van der Waals surface area contributed by atoms with Crippen LogP contribution in [0.5, 0.6) is 0 Å². The fraction of sp³-hybridized carbons (Fsp3) is 0.526. The standard InChI is InChI=1S/C19H23N3OS/c1-12-2-3-14-8-13(4-6-21(12)14)18(23)9-16-19-15(5-7-24-19)17-10-20-11-22(16)17/h5,7,10-11,13-14,16,18,23H,1-4,6,8-9H2/t13-,14+,16-,18+/m1/s1. The van der Waals surface area contributed by atoms with E-state index in [1.165, 1.54) is 28.3 Å². The second-order valence-electron chi connectivity index (χ2n) is 7.44. The van der Waals surface area contributed by atoms with Crippen molar-refractivity contribution in [2.75, 3.05) is 6.54 Å². The minimum atomic E-state index is -0.241. The Labute approximate surface area is 146 Å². The van der Waals surface area contributed by atoms with Gasteiger partial charge in [0.15, 0.2) is 0 Å². The normalized spacial score (nSPS) is 29.5. The number of imidazole rings is 1. The highest BCUT2D eigenvalue weighted by molar-refractivity contribution is 7.10. The zero-order valence-corrected chi connectivity index (χ0v) is 14.6. The van der Waals surface area contributed by atoms with Gasteiger partial charge in [-0.15, -0.1) is 11.3 Å². The number of rotatable bonds is 3. The topological polar surface area (TPSA) is 41.3 Å². The highest BCUT2D eigenvalue weighted by atomic mass is 32.1. The smallest absolute Gasteiger partial charge is 0.0957 e. The summed E-state index contributed by atoms with van der Waals surface area (Å²) in [7, 11) is 0. The quantitative estimate of drug-likeness (QED) is 0.926. The molecule has 0 saturated carbocycles. The van der Waals surface area contributed by atoms with Crippen LogP contribution in [0.1, 0.15) is 43.0 Å². The van der Waals surface area contributed by atoms with Gasteiger partial charge < -0.3 is 14.6 Å². The van der Waals surface area contributed by atoms with Crippen molar-refractivity contribution in [2.24, 2.45) is 5.92 Å². The molecule has 5 rings (SSSR count). The number of aromatic nitrogens is 2. The number of hydrogen-bond donors (Lipinski definition) is 1. The first-order valence-electron chi connectivity index (χ1n) is 8.94. The maximum absolute atomic E-state index is 11.0. The SMILES string of the molecule is C=C1CC[C@H]2C[C@H]([C@@H](O)C[C@@H]3c4sccc4-c4cncn43)CCN12. The summed E-state index contributed by atoms with van der Waals surface area (Å²) in [5.41, 5.74) is 3.80. The summed E-state index contributed by atoms with van der Waals surface area (Å²) in [4.78, 5) is 8.18. The Morgan fingerprint density at radius 2 is 2.33 bits per heavy atom. The van der Waals surface area contributed by atoms with Gasteiger partial charge in [-0.05, 0) is 49.5 Å². The molecule has 2 aromatic heterocycles. The van der Waals surface area contributed by atoms with E-state index in [2.05, 4.69) is 32.5 Å². The van der Waals surface area contributed by atoms with Gasteiger partial charge in [0.2, 0.25) is 0 Å². The Hall–Kier alpha value is -1.59. The zero-order valence-electron chi connectivity index (χ0n) is 13.8. The van der Waals surface area contributed by atoms with Gasteiger partial charge in [0, 0.05) is 28.7 Å². The predicted octanol–water partition coefficient (Wildman–Crippen LogP) is 3.65. The summed E-state index contributed by atoms with van der Waals surface area (Å²) < 4.78 is 2.25. The molecule has 0 spiro atoms. The third kappa shape index (κ3) is 2.11. The van der Waals surface area contributed by atoms with Crippen LogP contribution in [0, 0.1) is 5.92 Å². The largest absolute Gasteiger partial charge is 0.393 e. The molecule has 4 nitrogen and oxygen atoms in total. The minimum Gasteiger partial charge on any atom is -0.393 e. The summed E-state index contributed by atoms with van der Waals surface area (Å²) in [5.74, 6) is 0.410. The van der Waals surface area contributed by atoms with E-state index in [0.29, 0.717) is 12.0 Å². The third-order valence-corrected chi connectivity index (χ3v) is 7.23. The molecular formula is C19H23N3OS. The van der Waals surface area contributed by atoms with Crippen molar-refractivity contribution in [1.82, 2.24) is 14.5 Å². The molecule has 0 radical (unpaired) electrons. The molecule has 4 atom stereocenters. The molecule has 5 heterocycles. The second-order valence-corrected chi connectivity index (χ2v) is 8.39. The molecule has 3 aliphatic rings. The summed E-state index contributed by atoms with van der Waals surface area (Å²) in [5, 5.41) is 13.1. The van der Waals surface area contributed by atoms with Crippen molar-refractivity contribution < 1.29 is 5.11 Å².